The number of nitrogens with one attached hydrogen (secondary N) is 1. The van der Waals surface area contributed by atoms with E-state index in [0.29, 0.717) is 30.8 Å². The lowest BCUT2D eigenvalue weighted by Crippen LogP contribution is -2.55. The van der Waals surface area contributed by atoms with E-state index in [0.717, 1.165) is 19.3 Å². The minimum atomic E-state index is -4.50. The second kappa shape index (κ2) is 7.33. The van der Waals surface area contributed by atoms with Crippen LogP contribution >= 0.6 is 0 Å². The largest absolute Gasteiger partial charge is 0.433 e. The van der Waals surface area contributed by atoms with Gasteiger partial charge in [-0.15, -0.1) is 0 Å². The smallest absolute Gasteiger partial charge is 0.373 e. The van der Waals surface area contributed by atoms with Crippen LogP contribution in [0.1, 0.15) is 63.6 Å². The molecule has 5 fully saturated rings. The summed E-state index contributed by atoms with van der Waals surface area (Å²) < 4.78 is 47.3. The van der Waals surface area contributed by atoms with Crippen LogP contribution in [-0.4, -0.2) is 45.7 Å². The Morgan fingerprint density at radius 2 is 1.63 bits per heavy atom. The average Bonchev–Trinajstić information content (AvgIpc) is 2.60. The number of anilines is 1. The molecule has 166 valence electrons. The standard InChI is InChI=1S/C22H31F3N4O/c1-13-10-29(11-14(2)30-13)12-18-9-26-20(27-19(18)22(23,24)25)28-21-6-15-3-16(7-21)5-17(4-15)8-21/h9,13-17H,3-8,10-12H2,1-2H3,(H,26,27,28)/t13-,14+,15?,16?,17?,21?. The predicted molar refractivity (Wildman–Crippen MR) is 107 cm³/mol. The lowest BCUT2D eigenvalue weighted by atomic mass is 9.53. The summed E-state index contributed by atoms with van der Waals surface area (Å²) in [7, 11) is 0. The molecule has 8 heteroatoms. The summed E-state index contributed by atoms with van der Waals surface area (Å²) in [5.41, 5.74) is -0.787. The van der Waals surface area contributed by atoms with E-state index in [9.17, 15) is 13.2 Å². The molecule has 2 atom stereocenters. The Labute approximate surface area is 175 Å². The van der Waals surface area contributed by atoms with Crippen molar-refractivity contribution in [2.24, 2.45) is 17.8 Å². The van der Waals surface area contributed by atoms with Crippen molar-refractivity contribution in [3.8, 4) is 0 Å². The van der Waals surface area contributed by atoms with Gasteiger partial charge in [-0.3, -0.25) is 4.90 Å². The molecule has 4 bridgehead atoms. The van der Waals surface area contributed by atoms with Gasteiger partial charge in [0.1, 0.15) is 0 Å². The van der Waals surface area contributed by atoms with E-state index in [1.807, 2.05) is 18.7 Å². The first-order chi connectivity index (χ1) is 14.2. The number of morpholine rings is 1. The zero-order chi connectivity index (χ0) is 21.1. The van der Waals surface area contributed by atoms with Crippen molar-refractivity contribution in [2.45, 2.75) is 82.8 Å². The Morgan fingerprint density at radius 1 is 1.07 bits per heavy atom. The van der Waals surface area contributed by atoms with E-state index in [4.69, 9.17) is 4.74 Å². The Balaban J connectivity index is 1.37. The first-order valence-electron chi connectivity index (χ1n) is 11.3. The van der Waals surface area contributed by atoms with Crippen molar-refractivity contribution in [3.63, 3.8) is 0 Å². The van der Waals surface area contributed by atoms with E-state index in [1.54, 1.807) is 0 Å². The number of hydrogen-bond acceptors (Lipinski definition) is 5. The third kappa shape index (κ3) is 4.05. The van der Waals surface area contributed by atoms with Crippen molar-refractivity contribution in [1.82, 2.24) is 14.9 Å². The second-order valence-electron chi connectivity index (χ2n) is 10.3. The van der Waals surface area contributed by atoms with Crippen LogP contribution in [0, 0.1) is 17.8 Å². The molecule has 1 saturated heterocycles. The number of hydrogen-bond donors (Lipinski definition) is 1. The molecule has 1 aliphatic heterocycles. The van der Waals surface area contributed by atoms with Crippen LogP contribution in [-0.2, 0) is 17.5 Å². The highest BCUT2D eigenvalue weighted by Crippen LogP contribution is 2.56. The molecule has 5 aliphatic rings. The number of halogens is 3. The summed E-state index contributed by atoms with van der Waals surface area (Å²) in [6, 6.07) is 0. The van der Waals surface area contributed by atoms with Crippen LogP contribution in [0.15, 0.2) is 6.20 Å². The summed E-state index contributed by atoms with van der Waals surface area (Å²) in [5, 5.41) is 3.39. The SMILES string of the molecule is C[C@@H]1CN(Cc2cnc(NC34CC5CC(CC(C5)C3)C4)nc2C(F)(F)F)C[C@H](C)O1. The molecule has 6 rings (SSSR count). The van der Waals surface area contributed by atoms with Gasteiger partial charge in [-0.1, -0.05) is 0 Å². The average molecular weight is 425 g/mol. The summed E-state index contributed by atoms with van der Waals surface area (Å²) in [6.07, 6.45) is 3.84. The van der Waals surface area contributed by atoms with E-state index >= 15 is 0 Å². The highest BCUT2D eigenvalue weighted by atomic mass is 19.4. The zero-order valence-electron chi connectivity index (χ0n) is 17.7. The minimum Gasteiger partial charge on any atom is -0.373 e. The molecule has 1 aromatic rings. The number of rotatable bonds is 4. The van der Waals surface area contributed by atoms with Gasteiger partial charge in [-0.05, 0) is 70.1 Å². The van der Waals surface area contributed by atoms with Crippen LogP contribution in [0.5, 0.6) is 0 Å². The first-order valence-corrected chi connectivity index (χ1v) is 11.3. The Kier molecular flexibility index (Phi) is 5.01. The van der Waals surface area contributed by atoms with E-state index < -0.39 is 11.9 Å². The van der Waals surface area contributed by atoms with Gasteiger partial charge in [0.25, 0.3) is 0 Å². The van der Waals surface area contributed by atoms with E-state index in [2.05, 4.69) is 15.3 Å². The molecule has 4 aliphatic carbocycles. The van der Waals surface area contributed by atoms with Crippen LogP contribution in [0.2, 0.25) is 0 Å². The lowest BCUT2D eigenvalue weighted by molar-refractivity contribution is -0.142. The maximum Gasteiger partial charge on any atom is 0.433 e. The number of ether oxygens (including phenoxy) is 1. The van der Waals surface area contributed by atoms with Crippen LogP contribution in [0.4, 0.5) is 19.1 Å². The van der Waals surface area contributed by atoms with E-state index in [-0.39, 0.29) is 35.8 Å². The molecule has 5 nitrogen and oxygen atoms in total. The van der Waals surface area contributed by atoms with Crippen LogP contribution in [0.25, 0.3) is 0 Å². The molecule has 2 heterocycles. The van der Waals surface area contributed by atoms with Crippen molar-refractivity contribution in [3.05, 3.63) is 17.5 Å². The number of nitrogens with zero attached hydrogens (tertiary/aromatic N) is 3. The highest BCUT2D eigenvalue weighted by molar-refractivity contribution is 5.36. The number of alkyl halides is 3. The van der Waals surface area contributed by atoms with Crippen molar-refractivity contribution >= 4 is 5.95 Å². The molecule has 0 aromatic carbocycles. The lowest BCUT2D eigenvalue weighted by Gasteiger charge is -2.56. The molecular formula is C22H31F3N4O. The van der Waals surface area contributed by atoms with Crippen LogP contribution < -0.4 is 5.32 Å². The van der Waals surface area contributed by atoms with Crippen molar-refractivity contribution in [2.75, 3.05) is 18.4 Å². The summed E-state index contributed by atoms with van der Waals surface area (Å²) >= 11 is 0. The van der Waals surface area contributed by atoms with Gasteiger partial charge in [0, 0.05) is 36.9 Å². The monoisotopic (exact) mass is 424 g/mol. The fourth-order valence-electron chi connectivity index (χ4n) is 6.98. The predicted octanol–water partition coefficient (Wildman–Crippen LogP) is 4.49. The quantitative estimate of drug-likeness (QED) is 0.772. The first kappa shape index (κ1) is 20.5. The fourth-order valence-corrected chi connectivity index (χ4v) is 6.98. The normalized spacial score (nSPS) is 38.8. The second-order valence-corrected chi connectivity index (χ2v) is 10.3. The number of aromatic nitrogens is 2. The van der Waals surface area contributed by atoms with Gasteiger partial charge < -0.3 is 10.1 Å². The van der Waals surface area contributed by atoms with Gasteiger partial charge in [0.15, 0.2) is 5.69 Å². The zero-order valence-corrected chi connectivity index (χ0v) is 17.7. The molecule has 0 radical (unpaired) electrons. The fraction of sp³-hybridized carbons (Fsp3) is 0.818. The highest BCUT2D eigenvalue weighted by Gasteiger charge is 2.51. The maximum atomic E-state index is 13.9. The summed E-state index contributed by atoms with van der Waals surface area (Å²) in [5.74, 6) is 2.25. The molecular weight excluding hydrogens is 393 g/mol. The van der Waals surface area contributed by atoms with Gasteiger partial charge in [0.2, 0.25) is 5.95 Å². The Bertz CT molecular complexity index is 754. The molecule has 1 aromatic heterocycles. The third-order valence-electron chi connectivity index (χ3n) is 7.44. The molecule has 0 amide bonds. The van der Waals surface area contributed by atoms with Gasteiger partial charge in [-0.2, -0.15) is 13.2 Å². The summed E-state index contributed by atoms with van der Waals surface area (Å²) in [4.78, 5) is 10.4. The minimum absolute atomic E-state index is 0.000953. The van der Waals surface area contributed by atoms with Gasteiger partial charge in [0.05, 0.1) is 12.2 Å². The van der Waals surface area contributed by atoms with Crippen molar-refractivity contribution < 1.29 is 17.9 Å². The summed E-state index contributed by atoms with van der Waals surface area (Å²) in [6.45, 7) is 5.29. The maximum absolute atomic E-state index is 13.9. The molecule has 0 spiro atoms. The van der Waals surface area contributed by atoms with Gasteiger partial charge in [-0.25, -0.2) is 9.97 Å². The van der Waals surface area contributed by atoms with Gasteiger partial charge >= 0.3 is 6.18 Å². The van der Waals surface area contributed by atoms with E-state index in [1.165, 1.54) is 25.5 Å². The van der Waals surface area contributed by atoms with Crippen molar-refractivity contribution in [1.29, 1.82) is 0 Å². The third-order valence-corrected chi connectivity index (χ3v) is 7.44. The Hall–Kier alpha value is -1.41. The molecule has 4 saturated carbocycles. The Morgan fingerprint density at radius 3 is 2.17 bits per heavy atom. The molecule has 0 unspecified atom stereocenters. The molecule has 30 heavy (non-hydrogen) atoms. The topological polar surface area (TPSA) is 50.3 Å². The molecule has 1 N–H and O–H groups in total. The van der Waals surface area contributed by atoms with Crippen LogP contribution in [0.3, 0.4) is 0 Å².